The van der Waals surface area contributed by atoms with E-state index in [0.29, 0.717) is 12.1 Å². The largest absolute Gasteiger partial charge is 0.366 e. The van der Waals surface area contributed by atoms with Gasteiger partial charge in [-0.3, -0.25) is 0 Å². The first-order valence-electron chi connectivity index (χ1n) is 11.0. The molecule has 0 atom stereocenters. The summed E-state index contributed by atoms with van der Waals surface area (Å²) in [5.74, 6) is 0.915. The summed E-state index contributed by atoms with van der Waals surface area (Å²) < 4.78 is 1.87. The fraction of sp³-hybridized carbons (Fsp3) is 0.107. The summed E-state index contributed by atoms with van der Waals surface area (Å²) in [4.78, 5) is 4.75. The van der Waals surface area contributed by atoms with Gasteiger partial charge in [-0.05, 0) is 29.2 Å². The Hall–Kier alpha value is -4.43. The fourth-order valence-electron chi connectivity index (χ4n) is 3.91. The molecule has 0 amide bonds. The molecule has 5 nitrogen and oxygen atoms in total. The third-order valence-corrected chi connectivity index (χ3v) is 5.70. The number of anilines is 1. The SMILES string of the molecule is CCc1cc(NCc2ccc(-c3ccccc3C#N)cc2)n2nc(-c3ccccc3)cc2n1. The highest BCUT2D eigenvalue weighted by atomic mass is 15.3. The molecule has 5 heteroatoms. The van der Waals surface area contributed by atoms with Gasteiger partial charge in [0.25, 0.3) is 0 Å². The van der Waals surface area contributed by atoms with Gasteiger partial charge in [0.2, 0.25) is 0 Å². The number of rotatable bonds is 6. The Morgan fingerprint density at radius 2 is 1.64 bits per heavy atom. The average Bonchev–Trinajstić information content (AvgIpc) is 3.32. The minimum Gasteiger partial charge on any atom is -0.366 e. The van der Waals surface area contributed by atoms with Crippen LogP contribution >= 0.6 is 0 Å². The number of aromatic nitrogens is 3. The second-order valence-corrected chi connectivity index (χ2v) is 7.86. The predicted octanol–water partition coefficient (Wildman–Crippen LogP) is 6.11. The number of benzene rings is 3. The Bertz CT molecular complexity index is 1440. The first kappa shape index (κ1) is 20.5. The van der Waals surface area contributed by atoms with Crippen molar-refractivity contribution < 1.29 is 0 Å². The summed E-state index contributed by atoms with van der Waals surface area (Å²) in [7, 11) is 0. The Balaban J connectivity index is 1.41. The van der Waals surface area contributed by atoms with Crippen LogP contribution in [0, 0.1) is 11.3 Å². The van der Waals surface area contributed by atoms with E-state index in [1.165, 1.54) is 0 Å². The quantitative estimate of drug-likeness (QED) is 0.354. The minimum absolute atomic E-state index is 0.656. The van der Waals surface area contributed by atoms with E-state index in [2.05, 4.69) is 60.8 Å². The molecule has 1 N–H and O–H groups in total. The number of nitrogens with zero attached hydrogens (tertiary/aromatic N) is 4. The molecule has 160 valence electrons. The van der Waals surface area contributed by atoms with Crippen molar-refractivity contribution in [3.05, 3.63) is 108 Å². The normalized spacial score (nSPS) is 10.8. The van der Waals surface area contributed by atoms with E-state index in [0.717, 1.165) is 51.5 Å². The third-order valence-electron chi connectivity index (χ3n) is 5.70. The van der Waals surface area contributed by atoms with Crippen LogP contribution in [0.1, 0.15) is 23.7 Å². The van der Waals surface area contributed by atoms with Crippen LogP contribution in [0.15, 0.2) is 91.0 Å². The van der Waals surface area contributed by atoms with Crippen molar-refractivity contribution in [2.24, 2.45) is 0 Å². The number of aryl methyl sites for hydroxylation is 1. The Kier molecular flexibility index (Phi) is 5.57. The highest BCUT2D eigenvalue weighted by Gasteiger charge is 2.11. The van der Waals surface area contributed by atoms with Crippen molar-refractivity contribution in [2.45, 2.75) is 19.9 Å². The van der Waals surface area contributed by atoms with Gasteiger partial charge in [0.15, 0.2) is 5.65 Å². The van der Waals surface area contributed by atoms with E-state index in [-0.39, 0.29) is 0 Å². The van der Waals surface area contributed by atoms with Crippen LogP contribution in [-0.2, 0) is 13.0 Å². The minimum atomic E-state index is 0.656. The van der Waals surface area contributed by atoms with Gasteiger partial charge >= 0.3 is 0 Å². The zero-order chi connectivity index (χ0) is 22.6. The van der Waals surface area contributed by atoms with E-state index in [9.17, 15) is 5.26 Å². The van der Waals surface area contributed by atoms with Crippen LogP contribution in [0.2, 0.25) is 0 Å². The van der Waals surface area contributed by atoms with Crippen molar-refractivity contribution in [2.75, 3.05) is 5.32 Å². The summed E-state index contributed by atoms with van der Waals surface area (Å²) in [6, 6.07) is 32.5. The van der Waals surface area contributed by atoms with E-state index >= 15 is 0 Å². The van der Waals surface area contributed by atoms with Gasteiger partial charge in [0.1, 0.15) is 5.82 Å². The molecule has 3 aromatic carbocycles. The Labute approximate surface area is 193 Å². The second kappa shape index (κ2) is 8.97. The lowest BCUT2D eigenvalue weighted by Crippen LogP contribution is -2.07. The van der Waals surface area contributed by atoms with Gasteiger partial charge in [0.05, 0.1) is 17.3 Å². The number of hydrogen-bond donors (Lipinski definition) is 1. The molecule has 0 aliphatic carbocycles. The maximum absolute atomic E-state index is 9.38. The molecule has 0 aliphatic rings. The van der Waals surface area contributed by atoms with Crippen LogP contribution in [0.5, 0.6) is 0 Å². The van der Waals surface area contributed by atoms with E-state index < -0.39 is 0 Å². The lowest BCUT2D eigenvalue weighted by atomic mass is 9.99. The molecule has 2 heterocycles. The lowest BCUT2D eigenvalue weighted by Gasteiger charge is -2.11. The van der Waals surface area contributed by atoms with E-state index in [4.69, 9.17) is 10.1 Å². The molecular formula is C28H23N5. The first-order valence-corrected chi connectivity index (χ1v) is 11.0. The molecular weight excluding hydrogens is 406 g/mol. The van der Waals surface area contributed by atoms with Gasteiger partial charge in [0, 0.05) is 29.9 Å². The lowest BCUT2D eigenvalue weighted by molar-refractivity contribution is 0.905. The molecule has 2 aromatic heterocycles. The topological polar surface area (TPSA) is 66.0 Å². The summed E-state index contributed by atoms with van der Waals surface area (Å²) >= 11 is 0. The second-order valence-electron chi connectivity index (χ2n) is 7.86. The molecule has 0 radical (unpaired) electrons. The van der Waals surface area contributed by atoms with Gasteiger partial charge in [-0.2, -0.15) is 14.9 Å². The standard InChI is InChI=1S/C28H23N5/c1-2-24-16-27(33-28(31-24)17-26(32-33)22-8-4-3-5-9-22)30-19-20-12-14-21(15-13-20)25-11-7-6-10-23(25)18-29/h3-17,30H,2,19H2,1H3. The van der Waals surface area contributed by atoms with Gasteiger partial charge in [-0.25, -0.2) is 4.98 Å². The number of nitrogens with one attached hydrogen (secondary N) is 1. The van der Waals surface area contributed by atoms with Gasteiger partial charge < -0.3 is 5.32 Å². The molecule has 5 rings (SSSR count). The van der Waals surface area contributed by atoms with Crippen LogP contribution < -0.4 is 5.32 Å². The van der Waals surface area contributed by atoms with Crippen molar-refractivity contribution in [1.82, 2.24) is 14.6 Å². The maximum atomic E-state index is 9.38. The number of hydrogen-bond acceptors (Lipinski definition) is 4. The fourth-order valence-corrected chi connectivity index (χ4v) is 3.91. The molecule has 0 fully saturated rings. The van der Waals surface area contributed by atoms with Crippen molar-refractivity contribution in [3.8, 4) is 28.5 Å². The van der Waals surface area contributed by atoms with Crippen LogP contribution in [0.4, 0.5) is 5.82 Å². The maximum Gasteiger partial charge on any atom is 0.158 e. The molecule has 33 heavy (non-hydrogen) atoms. The summed E-state index contributed by atoms with van der Waals surface area (Å²) in [6.07, 6.45) is 0.851. The average molecular weight is 430 g/mol. The Morgan fingerprint density at radius 3 is 2.39 bits per heavy atom. The highest BCUT2D eigenvalue weighted by molar-refractivity contribution is 5.70. The van der Waals surface area contributed by atoms with Crippen LogP contribution in [0.25, 0.3) is 28.0 Å². The molecule has 0 unspecified atom stereocenters. The van der Waals surface area contributed by atoms with Gasteiger partial charge in [-0.1, -0.05) is 79.7 Å². The summed E-state index contributed by atoms with van der Waals surface area (Å²) in [5, 5.41) is 17.7. The molecule has 0 saturated carbocycles. The van der Waals surface area contributed by atoms with Crippen LogP contribution in [0.3, 0.4) is 0 Å². The van der Waals surface area contributed by atoms with Crippen molar-refractivity contribution in [1.29, 1.82) is 5.26 Å². The molecule has 5 aromatic rings. The third kappa shape index (κ3) is 4.19. The Morgan fingerprint density at radius 1 is 0.879 bits per heavy atom. The van der Waals surface area contributed by atoms with E-state index in [1.807, 2.05) is 53.0 Å². The van der Waals surface area contributed by atoms with Crippen molar-refractivity contribution in [3.63, 3.8) is 0 Å². The number of nitriles is 1. The highest BCUT2D eigenvalue weighted by Crippen LogP contribution is 2.25. The zero-order valence-electron chi connectivity index (χ0n) is 18.4. The summed E-state index contributed by atoms with van der Waals surface area (Å²) in [5.41, 5.74) is 7.64. The monoisotopic (exact) mass is 429 g/mol. The summed E-state index contributed by atoms with van der Waals surface area (Å²) in [6.45, 7) is 2.76. The molecule has 0 aliphatic heterocycles. The molecule has 0 bridgehead atoms. The molecule has 0 spiro atoms. The van der Waals surface area contributed by atoms with Crippen molar-refractivity contribution >= 4 is 11.5 Å². The number of fused-ring (bicyclic) bond motifs is 1. The zero-order valence-corrected chi connectivity index (χ0v) is 18.4. The smallest absolute Gasteiger partial charge is 0.158 e. The predicted molar refractivity (Wildman–Crippen MR) is 132 cm³/mol. The first-order chi connectivity index (χ1) is 16.2. The van der Waals surface area contributed by atoms with Crippen LogP contribution in [-0.4, -0.2) is 14.6 Å². The van der Waals surface area contributed by atoms with Gasteiger partial charge in [-0.15, -0.1) is 0 Å². The molecule has 0 saturated heterocycles. The van der Waals surface area contributed by atoms with E-state index in [1.54, 1.807) is 0 Å².